The quantitative estimate of drug-likeness (QED) is 0.765. The molecule has 1 aliphatic heterocycles. The fourth-order valence-corrected chi connectivity index (χ4v) is 3.66. The molecule has 19 heavy (non-hydrogen) atoms. The van der Waals surface area contributed by atoms with Gasteiger partial charge in [0.25, 0.3) is 0 Å². The predicted molar refractivity (Wildman–Crippen MR) is 73.4 cm³/mol. The first-order valence-electron chi connectivity index (χ1n) is 7.24. The van der Waals surface area contributed by atoms with Crippen LogP contribution in [0.5, 0.6) is 0 Å². The van der Waals surface area contributed by atoms with Crippen LogP contribution in [-0.2, 0) is 9.53 Å². The van der Waals surface area contributed by atoms with Gasteiger partial charge in [-0.05, 0) is 39.5 Å². The number of carbonyl (C=O) groups is 1. The summed E-state index contributed by atoms with van der Waals surface area (Å²) in [5.41, 5.74) is -0.431. The van der Waals surface area contributed by atoms with E-state index in [1.165, 1.54) is 0 Å². The molecule has 1 aliphatic carbocycles. The van der Waals surface area contributed by atoms with Gasteiger partial charge in [0.05, 0.1) is 23.2 Å². The molecule has 0 unspecified atom stereocenters. The molecule has 1 saturated heterocycles. The maximum absolute atomic E-state index is 12.4. The highest BCUT2D eigenvalue weighted by Gasteiger charge is 2.55. The van der Waals surface area contributed by atoms with Crippen LogP contribution in [0.3, 0.4) is 0 Å². The van der Waals surface area contributed by atoms with Crippen molar-refractivity contribution in [3.8, 4) is 6.07 Å². The number of hydrogen-bond acceptors (Lipinski definition) is 3. The monoisotopic (exact) mass is 261 g/mol. The van der Waals surface area contributed by atoms with E-state index in [9.17, 15) is 10.1 Å². The second-order valence-corrected chi connectivity index (χ2v) is 6.39. The van der Waals surface area contributed by atoms with Crippen LogP contribution in [0.4, 0.5) is 0 Å². The van der Waals surface area contributed by atoms with Crippen LogP contribution in [0, 0.1) is 22.2 Å². The number of allylic oxidation sites excluding steroid dienone is 1. The van der Waals surface area contributed by atoms with Gasteiger partial charge in [-0.2, -0.15) is 5.26 Å². The Hall–Kier alpha value is -1.14. The van der Waals surface area contributed by atoms with E-state index in [1.54, 1.807) is 0 Å². The molecule has 0 bridgehead atoms. The average molecular weight is 261 g/mol. The Balaban J connectivity index is 2.50. The van der Waals surface area contributed by atoms with Gasteiger partial charge in [0, 0.05) is 5.41 Å². The van der Waals surface area contributed by atoms with E-state index in [-0.39, 0.29) is 23.4 Å². The van der Waals surface area contributed by atoms with Crippen LogP contribution in [-0.4, -0.2) is 18.0 Å². The van der Waals surface area contributed by atoms with Crippen LogP contribution in [0.2, 0.25) is 0 Å². The van der Waals surface area contributed by atoms with Gasteiger partial charge >= 0.3 is 0 Å². The normalized spacial score (nSPS) is 37.2. The minimum atomic E-state index is -0.607. The lowest BCUT2D eigenvalue weighted by Gasteiger charge is -2.53. The van der Waals surface area contributed by atoms with E-state index in [4.69, 9.17) is 4.74 Å². The van der Waals surface area contributed by atoms with Crippen LogP contribution in [0.15, 0.2) is 11.6 Å². The van der Waals surface area contributed by atoms with E-state index < -0.39 is 5.41 Å². The fraction of sp³-hybridized carbons (Fsp3) is 0.750. The molecule has 0 saturated carbocycles. The molecule has 0 N–H and O–H groups in total. The molecular weight excluding hydrogens is 238 g/mol. The van der Waals surface area contributed by atoms with E-state index in [0.717, 1.165) is 25.7 Å². The van der Waals surface area contributed by atoms with Crippen molar-refractivity contribution in [2.45, 2.75) is 65.6 Å². The second kappa shape index (κ2) is 4.76. The Morgan fingerprint density at radius 3 is 2.68 bits per heavy atom. The van der Waals surface area contributed by atoms with E-state index in [2.05, 4.69) is 19.9 Å². The van der Waals surface area contributed by atoms with Gasteiger partial charge in [-0.25, -0.2) is 0 Å². The molecule has 3 nitrogen and oxygen atoms in total. The molecule has 104 valence electrons. The number of Topliss-reactive ketones (excluding diaryl/α,β-unsaturated/α-hetero) is 1. The molecule has 2 rings (SSSR count). The topological polar surface area (TPSA) is 50.1 Å². The fourth-order valence-electron chi connectivity index (χ4n) is 3.66. The molecule has 3 heteroatoms. The number of carbonyl (C=O) groups excluding carboxylic acids is 1. The minimum absolute atomic E-state index is 0.0687. The molecular formula is C16H23NO2. The third-order valence-electron chi connectivity index (χ3n) is 4.93. The van der Waals surface area contributed by atoms with Crippen molar-refractivity contribution in [3.63, 3.8) is 0 Å². The van der Waals surface area contributed by atoms with Crippen molar-refractivity contribution in [2.75, 3.05) is 0 Å². The zero-order chi connectivity index (χ0) is 14.3. The Kier molecular flexibility index (Phi) is 3.57. The van der Waals surface area contributed by atoms with Crippen molar-refractivity contribution < 1.29 is 9.53 Å². The number of nitriles is 1. The van der Waals surface area contributed by atoms with Crippen LogP contribution in [0.25, 0.3) is 0 Å². The van der Waals surface area contributed by atoms with E-state index >= 15 is 0 Å². The van der Waals surface area contributed by atoms with Crippen LogP contribution in [0.1, 0.15) is 53.4 Å². The molecule has 3 atom stereocenters. The van der Waals surface area contributed by atoms with Gasteiger partial charge in [-0.3, -0.25) is 4.79 Å². The summed E-state index contributed by atoms with van der Waals surface area (Å²) in [6.45, 7) is 8.09. The summed E-state index contributed by atoms with van der Waals surface area (Å²) in [5.74, 6) is -0.0687. The standard InChI is InChI=1S/C16H23NO2/c1-5-12-7-8-16(6-2)9-11(10-17)13(18)15(3,4)14(16)19-12/h9,12,14H,5-8H2,1-4H3/t12-,14+,16+/m1/s1. The minimum Gasteiger partial charge on any atom is -0.373 e. The van der Waals surface area contributed by atoms with Crippen molar-refractivity contribution in [1.29, 1.82) is 5.26 Å². The maximum atomic E-state index is 12.4. The zero-order valence-corrected chi connectivity index (χ0v) is 12.3. The van der Waals surface area contributed by atoms with Crippen molar-refractivity contribution in [1.82, 2.24) is 0 Å². The number of nitrogens with zero attached hydrogens (tertiary/aromatic N) is 1. The third kappa shape index (κ3) is 2.03. The second-order valence-electron chi connectivity index (χ2n) is 6.39. The molecule has 0 aromatic heterocycles. The highest BCUT2D eigenvalue weighted by molar-refractivity contribution is 6.04. The third-order valence-corrected chi connectivity index (χ3v) is 4.93. The highest BCUT2D eigenvalue weighted by Crippen LogP contribution is 2.52. The van der Waals surface area contributed by atoms with Crippen molar-refractivity contribution >= 4 is 5.78 Å². The van der Waals surface area contributed by atoms with Crippen molar-refractivity contribution in [2.24, 2.45) is 10.8 Å². The predicted octanol–water partition coefficient (Wildman–Crippen LogP) is 3.40. The number of hydrogen-bond donors (Lipinski definition) is 0. The van der Waals surface area contributed by atoms with Crippen LogP contribution >= 0.6 is 0 Å². The zero-order valence-electron chi connectivity index (χ0n) is 12.3. The first-order valence-corrected chi connectivity index (χ1v) is 7.24. The Morgan fingerprint density at radius 1 is 1.47 bits per heavy atom. The van der Waals surface area contributed by atoms with Gasteiger partial charge in [0.2, 0.25) is 0 Å². The first-order chi connectivity index (χ1) is 8.91. The van der Waals surface area contributed by atoms with Gasteiger partial charge in [-0.15, -0.1) is 0 Å². The number of ketones is 1. The molecule has 0 amide bonds. The molecule has 0 aromatic rings. The first kappa shape index (κ1) is 14.3. The van der Waals surface area contributed by atoms with Crippen molar-refractivity contribution in [3.05, 3.63) is 11.6 Å². The smallest absolute Gasteiger partial charge is 0.181 e. The molecule has 2 aliphatic rings. The summed E-state index contributed by atoms with van der Waals surface area (Å²) >= 11 is 0. The molecule has 1 heterocycles. The summed E-state index contributed by atoms with van der Waals surface area (Å²) in [4.78, 5) is 12.4. The van der Waals surface area contributed by atoms with Gasteiger partial charge in [0.15, 0.2) is 5.78 Å². The lowest BCUT2D eigenvalue weighted by atomic mass is 9.58. The molecule has 1 fully saturated rings. The lowest BCUT2D eigenvalue weighted by molar-refractivity contribution is -0.175. The van der Waals surface area contributed by atoms with E-state index in [0.29, 0.717) is 5.57 Å². The number of ether oxygens (including phenoxy) is 1. The summed E-state index contributed by atoms with van der Waals surface area (Å²) < 4.78 is 6.24. The summed E-state index contributed by atoms with van der Waals surface area (Å²) in [5, 5.41) is 9.21. The Morgan fingerprint density at radius 2 is 2.16 bits per heavy atom. The summed E-state index contributed by atoms with van der Waals surface area (Å²) in [6, 6.07) is 2.08. The van der Waals surface area contributed by atoms with Gasteiger partial charge in [-0.1, -0.05) is 19.9 Å². The number of rotatable bonds is 2. The summed E-state index contributed by atoms with van der Waals surface area (Å²) in [6.07, 6.45) is 5.96. The van der Waals surface area contributed by atoms with Crippen LogP contribution < -0.4 is 0 Å². The highest BCUT2D eigenvalue weighted by atomic mass is 16.5. The Labute approximate surface area is 115 Å². The van der Waals surface area contributed by atoms with Gasteiger partial charge < -0.3 is 4.74 Å². The Bertz CT molecular complexity index is 458. The molecule has 0 radical (unpaired) electrons. The maximum Gasteiger partial charge on any atom is 0.181 e. The molecule has 0 aromatic carbocycles. The average Bonchev–Trinajstić information content (AvgIpc) is 2.42. The largest absolute Gasteiger partial charge is 0.373 e. The lowest BCUT2D eigenvalue weighted by Crippen LogP contribution is -2.56. The molecule has 0 spiro atoms. The summed E-state index contributed by atoms with van der Waals surface area (Å²) in [7, 11) is 0. The van der Waals surface area contributed by atoms with E-state index in [1.807, 2.05) is 19.9 Å². The van der Waals surface area contributed by atoms with Gasteiger partial charge in [0.1, 0.15) is 6.07 Å². The SMILES string of the molecule is CC[C@@H]1CC[C@@]2(CC)C=C(C#N)C(=O)C(C)(C)[C@@H]2O1. The number of fused-ring (bicyclic) bond motifs is 1.